The second-order valence-corrected chi connectivity index (χ2v) is 5.41. The molecule has 5 heteroatoms. The highest BCUT2D eigenvalue weighted by Crippen LogP contribution is 2.44. The number of hydrogen-bond acceptors (Lipinski definition) is 4. The molecular weight excluding hydrogens is 234 g/mol. The number of ether oxygens (including phenoxy) is 1. The minimum Gasteiger partial charge on any atom is -0.483 e. The molecule has 1 saturated carbocycles. The molecule has 0 saturated heterocycles. The Bertz CT molecular complexity index is 484. The van der Waals surface area contributed by atoms with Crippen LogP contribution >= 0.6 is 0 Å². The Labute approximate surface area is 106 Å². The van der Waals surface area contributed by atoms with Crippen LogP contribution in [0.15, 0.2) is 18.2 Å². The SMILES string of the molecule is Cc1ccc([N+](=O)[O-])c(OC2CC(O)C2(C)C)c1. The summed E-state index contributed by atoms with van der Waals surface area (Å²) in [5.41, 5.74) is 0.517. The molecule has 1 aromatic carbocycles. The molecule has 0 spiro atoms. The Morgan fingerprint density at radius 2 is 2.17 bits per heavy atom. The van der Waals surface area contributed by atoms with Crippen molar-refractivity contribution in [3.63, 3.8) is 0 Å². The summed E-state index contributed by atoms with van der Waals surface area (Å²) >= 11 is 0. The molecule has 0 amide bonds. The van der Waals surface area contributed by atoms with Gasteiger partial charge in [-0.1, -0.05) is 19.9 Å². The maximum absolute atomic E-state index is 10.9. The molecule has 18 heavy (non-hydrogen) atoms. The van der Waals surface area contributed by atoms with E-state index >= 15 is 0 Å². The van der Waals surface area contributed by atoms with Crippen molar-refractivity contribution in [1.82, 2.24) is 0 Å². The van der Waals surface area contributed by atoms with Crippen molar-refractivity contribution in [2.45, 2.75) is 39.4 Å². The number of nitro groups is 1. The highest BCUT2D eigenvalue weighted by atomic mass is 16.6. The molecule has 1 N–H and O–H groups in total. The first-order chi connectivity index (χ1) is 8.32. The van der Waals surface area contributed by atoms with E-state index in [0.29, 0.717) is 6.42 Å². The fourth-order valence-electron chi connectivity index (χ4n) is 2.08. The third-order valence-corrected chi connectivity index (χ3v) is 3.71. The van der Waals surface area contributed by atoms with Crippen LogP contribution in [0.3, 0.4) is 0 Å². The van der Waals surface area contributed by atoms with E-state index in [-0.39, 0.29) is 23.0 Å². The quantitative estimate of drug-likeness (QED) is 0.661. The van der Waals surface area contributed by atoms with E-state index < -0.39 is 11.0 Å². The summed E-state index contributed by atoms with van der Waals surface area (Å²) in [6.07, 6.45) is -0.0858. The molecule has 0 aliphatic heterocycles. The molecular formula is C13H17NO4. The lowest BCUT2D eigenvalue weighted by Gasteiger charge is -2.48. The Kier molecular flexibility index (Phi) is 3.02. The van der Waals surface area contributed by atoms with Gasteiger partial charge in [0.25, 0.3) is 0 Å². The fraction of sp³-hybridized carbons (Fsp3) is 0.538. The molecule has 5 nitrogen and oxygen atoms in total. The number of nitrogens with zero attached hydrogens (tertiary/aromatic N) is 1. The molecule has 1 aromatic rings. The number of aliphatic hydroxyl groups is 1. The third-order valence-electron chi connectivity index (χ3n) is 3.71. The van der Waals surface area contributed by atoms with Crippen LogP contribution in [0.4, 0.5) is 5.69 Å². The van der Waals surface area contributed by atoms with Gasteiger partial charge in [0.1, 0.15) is 6.10 Å². The zero-order valence-corrected chi connectivity index (χ0v) is 10.7. The average Bonchev–Trinajstić information content (AvgIpc) is 2.28. The highest BCUT2D eigenvalue weighted by Gasteiger charge is 2.49. The zero-order chi connectivity index (χ0) is 13.5. The average molecular weight is 251 g/mol. The minimum atomic E-state index is -0.448. The van der Waals surface area contributed by atoms with Crippen LogP contribution in [-0.4, -0.2) is 22.2 Å². The Hall–Kier alpha value is -1.62. The van der Waals surface area contributed by atoms with E-state index in [9.17, 15) is 15.2 Å². The summed E-state index contributed by atoms with van der Waals surface area (Å²) < 4.78 is 5.71. The van der Waals surface area contributed by atoms with E-state index in [1.54, 1.807) is 12.1 Å². The number of rotatable bonds is 3. The van der Waals surface area contributed by atoms with Crippen molar-refractivity contribution >= 4 is 5.69 Å². The van der Waals surface area contributed by atoms with Gasteiger partial charge >= 0.3 is 5.69 Å². The van der Waals surface area contributed by atoms with Crippen molar-refractivity contribution in [3.05, 3.63) is 33.9 Å². The molecule has 2 atom stereocenters. The Morgan fingerprint density at radius 3 is 2.67 bits per heavy atom. The van der Waals surface area contributed by atoms with Gasteiger partial charge in [-0.05, 0) is 18.6 Å². The Morgan fingerprint density at radius 1 is 1.50 bits per heavy atom. The van der Waals surface area contributed by atoms with Crippen molar-refractivity contribution in [2.24, 2.45) is 5.41 Å². The van der Waals surface area contributed by atoms with Gasteiger partial charge in [-0.2, -0.15) is 0 Å². The standard InChI is InChI=1S/C13H17NO4/c1-8-4-5-9(14(16)17)10(6-8)18-12-7-11(15)13(12,2)3/h4-6,11-12,15H,7H2,1-3H3. The molecule has 2 rings (SSSR count). The van der Waals surface area contributed by atoms with Gasteiger partial charge in [0.05, 0.1) is 11.0 Å². The molecule has 2 unspecified atom stereocenters. The first-order valence-electron chi connectivity index (χ1n) is 5.92. The summed E-state index contributed by atoms with van der Waals surface area (Å²) in [6, 6.07) is 4.80. The van der Waals surface area contributed by atoms with Gasteiger partial charge in [0.2, 0.25) is 0 Å². The van der Waals surface area contributed by atoms with E-state index in [1.165, 1.54) is 6.07 Å². The van der Waals surface area contributed by atoms with Crippen LogP contribution in [-0.2, 0) is 0 Å². The number of aliphatic hydroxyl groups excluding tert-OH is 1. The van der Waals surface area contributed by atoms with Crippen LogP contribution < -0.4 is 4.74 Å². The van der Waals surface area contributed by atoms with Crippen molar-refractivity contribution < 1.29 is 14.8 Å². The predicted octanol–water partition coefficient (Wildman–Crippen LogP) is 2.44. The number of nitro benzene ring substituents is 1. The molecule has 98 valence electrons. The van der Waals surface area contributed by atoms with Gasteiger partial charge in [-0.25, -0.2) is 0 Å². The van der Waals surface area contributed by atoms with Crippen LogP contribution in [0.5, 0.6) is 5.75 Å². The zero-order valence-electron chi connectivity index (χ0n) is 10.7. The van der Waals surface area contributed by atoms with E-state index in [1.807, 2.05) is 20.8 Å². The van der Waals surface area contributed by atoms with Gasteiger partial charge in [0, 0.05) is 17.9 Å². The molecule has 0 aromatic heterocycles. The molecule has 1 aliphatic rings. The minimum absolute atomic E-state index is 0.0298. The molecule has 1 aliphatic carbocycles. The molecule has 0 bridgehead atoms. The molecule has 1 fully saturated rings. The number of aryl methyl sites for hydroxylation is 1. The normalized spacial score (nSPS) is 25.3. The van der Waals surface area contributed by atoms with Gasteiger partial charge in [-0.15, -0.1) is 0 Å². The van der Waals surface area contributed by atoms with Crippen molar-refractivity contribution in [1.29, 1.82) is 0 Å². The third kappa shape index (κ3) is 2.06. The first-order valence-corrected chi connectivity index (χ1v) is 5.92. The summed E-state index contributed by atoms with van der Waals surface area (Å²) in [4.78, 5) is 10.5. The first kappa shape index (κ1) is 12.8. The summed E-state index contributed by atoms with van der Waals surface area (Å²) in [5.74, 6) is 0.282. The monoisotopic (exact) mass is 251 g/mol. The van der Waals surface area contributed by atoms with Crippen molar-refractivity contribution in [2.75, 3.05) is 0 Å². The lowest BCUT2D eigenvalue weighted by Crippen LogP contribution is -2.56. The summed E-state index contributed by atoms with van der Waals surface area (Å²) in [6.45, 7) is 5.65. The topological polar surface area (TPSA) is 72.6 Å². The smallest absolute Gasteiger partial charge is 0.310 e. The van der Waals surface area contributed by atoms with Gasteiger partial charge in [0.15, 0.2) is 5.75 Å². The largest absolute Gasteiger partial charge is 0.483 e. The highest BCUT2D eigenvalue weighted by molar-refractivity contribution is 5.48. The van der Waals surface area contributed by atoms with Crippen molar-refractivity contribution in [3.8, 4) is 5.75 Å². The molecule has 0 heterocycles. The van der Waals surface area contributed by atoms with Gasteiger partial charge in [-0.3, -0.25) is 10.1 Å². The van der Waals surface area contributed by atoms with Crippen LogP contribution in [0.1, 0.15) is 25.8 Å². The van der Waals surface area contributed by atoms with Crippen LogP contribution in [0, 0.1) is 22.5 Å². The van der Waals surface area contributed by atoms with Crippen LogP contribution in [0.25, 0.3) is 0 Å². The second-order valence-electron chi connectivity index (χ2n) is 5.41. The number of hydrogen-bond donors (Lipinski definition) is 1. The van der Waals surface area contributed by atoms with Gasteiger partial charge < -0.3 is 9.84 Å². The second kappa shape index (κ2) is 4.24. The molecule has 0 radical (unpaired) electrons. The van der Waals surface area contributed by atoms with Crippen LogP contribution in [0.2, 0.25) is 0 Å². The Balaban J connectivity index is 2.24. The predicted molar refractivity (Wildman–Crippen MR) is 66.7 cm³/mol. The lowest BCUT2D eigenvalue weighted by molar-refractivity contribution is -0.386. The summed E-state index contributed by atoms with van der Waals surface area (Å²) in [7, 11) is 0. The maximum Gasteiger partial charge on any atom is 0.310 e. The summed E-state index contributed by atoms with van der Waals surface area (Å²) in [5, 5.41) is 20.6. The number of benzene rings is 1. The lowest BCUT2D eigenvalue weighted by atomic mass is 9.66. The van der Waals surface area contributed by atoms with E-state index in [0.717, 1.165) is 5.56 Å². The fourth-order valence-corrected chi connectivity index (χ4v) is 2.08. The van der Waals surface area contributed by atoms with E-state index in [2.05, 4.69) is 0 Å². The van der Waals surface area contributed by atoms with E-state index in [4.69, 9.17) is 4.74 Å². The maximum atomic E-state index is 10.9.